The molecule has 1 aromatic rings. The Morgan fingerprint density at radius 1 is 1.47 bits per heavy atom. The summed E-state index contributed by atoms with van der Waals surface area (Å²) in [5, 5.41) is 11.7. The summed E-state index contributed by atoms with van der Waals surface area (Å²) in [5.74, 6) is -0.819. The van der Waals surface area contributed by atoms with Crippen LogP contribution in [0, 0.1) is 10.1 Å². The van der Waals surface area contributed by atoms with Crippen molar-refractivity contribution in [2.45, 2.75) is 12.6 Å². The lowest BCUT2D eigenvalue weighted by Crippen LogP contribution is -2.40. The van der Waals surface area contributed by atoms with Crippen LogP contribution in [0.15, 0.2) is 30.3 Å². The topological polar surface area (TPSA) is 81.5 Å². The average Bonchev–Trinajstić information content (AvgIpc) is 2.30. The molecule has 0 saturated heterocycles. The zero-order valence-corrected chi connectivity index (χ0v) is 9.80. The number of benzene rings is 1. The van der Waals surface area contributed by atoms with Gasteiger partial charge in [-0.1, -0.05) is 30.3 Å². The highest BCUT2D eigenvalue weighted by Gasteiger charge is 2.19. The van der Waals surface area contributed by atoms with Gasteiger partial charge in [0.1, 0.15) is 6.04 Å². The van der Waals surface area contributed by atoms with Gasteiger partial charge in [0.2, 0.25) is 0 Å². The molecule has 17 heavy (non-hydrogen) atoms. The van der Waals surface area contributed by atoms with Crippen molar-refractivity contribution in [1.82, 2.24) is 5.32 Å². The van der Waals surface area contributed by atoms with Crippen LogP contribution in [-0.4, -0.2) is 22.9 Å². The smallest absolute Gasteiger partial charge is 0.301 e. The number of hydrogen-bond donors (Lipinski definition) is 2. The molecule has 0 heterocycles. The fourth-order valence-corrected chi connectivity index (χ4v) is 1.47. The van der Waals surface area contributed by atoms with E-state index in [9.17, 15) is 14.9 Å². The van der Waals surface area contributed by atoms with Crippen molar-refractivity contribution < 1.29 is 14.7 Å². The molecule has 1 N–H and O–H groups in total. The molecule has 0 spiro atoms. The molecule has 0 aliphatic heterocycles. The maximum Gasteiger partial charge on any atom is 0.321 e. The first-order valence-electron chi connectivity index (χ1n) is 4.88. The van der Waals surface area contributed by atoms with E-state index in [1.807, 2.05) is 30.3 Å². The zero-order chi connectivity index (χ0) is 12.7. The Labute approximate surface area is 103 Å². The summed E-state index contributed by atoms with van der Waals surface area (Å²) in [7, 11) is 0. The van der Waals surface area contributed by atoms with Crippen molar-refractivity contribution in [2.24, 2.45) is 0 Å². The third-order valence-corrected chi connectivity index (χ3v) is 2.39. The van der Waals surface area contributed by atoms with E-state index in [-0.39, 0.29) is 5.75 Å². The molecule has 0 saturated carbocycles. The number of carbonyl (C=O) groups excluding carboxylic acids is 1. The van der Waals surface area contributed by atoms with E-state index in [0.29, 0.717) is 6.54 Å². The second kappa shape index (κ2) is 6.87. The Bertz CT molecular complexity index is 385. The summed E-state index contributed by atoms with van der Waals surface area (Å²) in [6.45, 7) is 0.416. The molecular formula is C10H12N2O4S. The standard InChI is InChI=1S/C10H12N2O4S/c13-10(16-12(14)15)9(7-17)11-6-8-4-2-1-3-5-8/h1-5,9,11,17H,6-7H2/t9-/m0/s1. The molecule has 1 rings (SSSR count). The highest BCUT2D eigenvalue weighted by atomic mass is 32.1. The summed E-state index contributed by atoms with van der Waals surface area (Å²) in [6, 6.07) is 8.55. The summed E-state index contributed by atoms with van der Waals surface area (Å²) >= 11 is 3.94. The minimum Gasteiger partial charge on any atom is -0.301 e. The molecule has 92 valence electrons. The van der Waals surface area contributed by atoms with Crippen molar-refractivity contribution in [3.05, 3.63) is 46.0 Å². The van der Waals surface area contributed by atoms with Crippen LogP contribution in [0.5, 0.6) is 0 Å². The van der Waals surface area contributed by atoms with Crippen molar-refractivity contribution in [3.8, 4) is 0 Å². The number of hydrogen-bond acceptors (Lipinski definition) is 6. The maximum absolute atomic E-state index is 11.2. The van der Waals surface area contributed by atoms with Gasteiger partial charge < -0.3 is 5.32 Å². The number of nitrogens with one attached hydrogen (secondary N) is 1. The van der Waals surface area contributed by atoms with E-state index in [2.05, 4.69) is 22.8 Å². The van der Waals surface area contributed by atoms with Crippen LogP contribution in [0.1, 0.15) is 5.56 Å². The molecule has 1 atom stereocenters. The summed E-state index contributed by atoms with van der Waals surface area (Å²) < 4.78 is 0. The van der Waals surface area contributed by atoms with Crippen LogP contribution < -0.4 is 5.32 Å². The number of carbonyl (C=O) groups is 1. The third kappa shape index (κ3) is 4.83. The first-order chi connectivity index (χ1) is 8.13. The molecule has 1 aromatic carbocycles. The van der Waals surface area contributed by atoms with Gasteiger partial charge >= 0.3 is 11.1 Å². The molecule has 0 amide bonds. The fourth-order valence-electron chi connectivity index (χ4n) is 1.20. The molecule has 0 unspecified atom stereocenters. The lowest BCUT2D eigenvalue weighted by molar-refractivity contribution is -0.729. The first kappa shape index (κ1) is 13.5. The van der Waals surface area contributed by atoms with E-state index >= 15 is 0 Å². The molecule has 0 aromatic heterocycles. The van der Waals surface area contributed by atoms with Crippen molar-refractivity contribution in [2.75, 3.05) is 5.75 Å². The second-order valence-electron chi connectivity index (χ2n) is 3.24. The molecule has 0 fully saturated rings. The summed E-state index contributed by atoms with van der Waals surface area (Å²) in [6.07, 6.45) is 0. The normalized spacial score (nSPS) is 11.8. The molecule has 0 bridgehead atoms. The van der Waals surface area contributed by atoms with E-state index in [0.717, 1.165) is 5.56 Å². The van der Waals surface area contributed by atoms with Crippen molar-refractivity contribution in [1.29, 1.82) is 0 Å². The van der Waals surface area contributed by atoms with Gasteiger partial charge in [0.15, 0.2) is 0 Å². The van der Waals surface area contributed by atoms with Crippen LogP contribution >= 0.6 is 12.6 Å². The van der Waals surface area contributed by atoms with Gasteiger partial charge in [-0.05, 0) is 5.56 Å². The Balaban J connectivity index is 2.47. The summed E-state index contributed by atoms with van der Waals surface area (Å²) in [4.78, 5) is 25.1. The number of rotatable bonds is 6. The first-order valence-corrected chi connectivity index (χ1v) is 5.51. The molecule has 6 nitrogen and oxygen atoms in total. The van der Waals surface area contributed by atoms with Gasteiger partial charge in [0.05, 0.1) is 0 Å². The monoisotopic (exact) mass is 256 g/mol. The van der Waals surface area contributed by atoms with Crippen LogP contribution in [-0.2, 0) is 16.2 Å². The SMILES string of the molecule is O=C(O[N+](=O)[O-])[C@H](CS)NCc1ccccc1. The fraction of sp³-hybridized carbons (Fsp3) is 0.300. The lowest BCUT2D eigenvalue weighted by atomic mass is 10.2. The van der Waals surface area contributed by atoms with Crippen LogP contribution in [0.3, 0.4) is 0 Å². The highest BCUT2D eigenvalue weighted by molar-refractivity contribution is 7.80. The van der Waals surface area contributed by atoms with Crippen molar-refractivity contribution >= 4 is 18.6 Å². The van der Waals surface area contributed by atoms with Gasteiger partial charge in [-0.25, -0.2) is 4.84 Å². The minimum atomic E-state index is -1.12. The average molecular weight is 256 g/mol. The Hall–Kier alpha value is -1.60. The molecule has 0 aliphatic rings. The van der Waals surface area contributed by atoms with Crippen LogP contribution in [0.25, 0.3) is 0 Å². The van der Waals surface area contributed by atoms with Gasteiger partial charge in [-0.15, -0.1) is 10.1 Å². The Morgan fingerprint density at radius 3 is 2.65 bits per heavy atom. The quantitative estimate of drug-likeness (QED) is 0.447. The van der Waals surface area contributed by atoms with Gasteiger partial charge in [-0.3, -0.25) is 4.79 Å². The molecular weight excluding hydrogens is 244 g/mol. The molecule has 7 heteroatoms. The van der Waals surface area contributed by atoms with Gasteiger partial charge in [-0.2, -0.15) is 12.6 Å². The van der Waals surface area contributed by atoms with Gasteiger partial charge in [0, 0.05) is 12.3 Å². The largest absolute Gasteiger partial charge is 0.321 e. The van der Waals surface area contributed by atoms with Crippen LogP contribution in [0.2, 0.25) is 0 Å². The predicted octanol–water partition coefficient (Wildman–Crippen LogP) is 0.809. The molecule has 0 aliphatic carbocycles. The lowest BCUT2D eigenvalue weighted by Gasteiger charge is -2.13. The van der Waals surface area contributed by atoms with E-state index < -0.39 is 17.1 Å². The van der Waals surface area contributed by atoms with Crippen LogP contribution in [0.4, 0.5) is 0 Å². The number of thiol groups is 1. The van der Waals surface area contributed by atoms with E-state index in [1.54, 1.807) is 0 Å². The predicted molar refractivity (Wildman–Crippen MR) is 64.0 cm³/mol. The zero-order valence-electron chi connectivity index (χ0n) is 8.91. The van der Waals surface area contributed by atoms with E-state index in [1.165, 1.54) is 0 Å². The minimum absolute atomic E-state index is 0.125. The summed E-state index contributed by atoms with van der Waals surface area (Å²) in [5.41, 5.74) is 0.966. The Kier molecular flexibility index (Phi) is 5.44. The second-order valence-corrected chi connectivity index (χ2v) is 3.60. The molecule has 0 radical (unpaired) electrons. The highest BCUT2D eigenvalue weighted by Crippen LogP contribution is 2.00. The maximum atomic E-state index is 11.2. The van der Waals surface area contributed by atoms with Gasteiger partial charge in [0.25, 0.3) is 0 Å². The van der Waals surface area contributed by atoms with E-state index in [4.69, 9.17) is 0 Å². The Morgan fingerprint density at radius 2 is 2.12 bits per heavy atom. The number of nitrogens with zero attached hydrogens (tertiary/aromatic N) is 1. The third-order valence-electron chi connectivity index (χ3n) is 2.03. The van der Waals surface area contributed by atoms with Crippen molar-refractivity contribution in [3.63, 3.8) is 0 Å².